The smallest absolute Gasteiger partial charge is 0.426 e. The van der Waals surface area contributed by atoms with E-state index in [2.05, 4.69) is 5.32 Å². The van der Waals surface area contributed by atoms with Crippen molar-refractivity contribution >= 4 is 13.0 Å². The SMILES string of the molecule is CN[C@@H](C)C(=O)N(C)CB(O)O. The highest BCUT2D eigenvalue weighted by Crippen LogP contribution is 1.90. The zero-order valence-corrected chi connectivity index (χ0v) is 7.61. The normalized spacial score (nSPS) is 12.4. The molecule has 5 nitrogen and oxygen atoms in total. The van der Waals surface area contributed by atoms with Gasteiger partial charge in [0, 0.05) is 7.05 Å². The van der Waals surface area contributed by atoms with Crippen LogP contribution in [0.2, 0.25) is 0 Å². The van der Waals surface area contributed by atoms with E-state index in [1.54, 1.807) is 14.0 Å². The number of carbonyl (C=O) groups excluding carboxylic acids is 1. The van der Waals surface area contributed by atoms with E-state index in [1.807, 2.05) is 0 Å². The molecule has 0 aliphatic rings. The summed E-state index contributed by atoms with van der Waals surface area (Å²) >= 11 is 0. The minimum atomic E-state index is -1.47. The zero-order valence-electron chi connectivity index (χ0n) is 7.61. The topological polar surface area (TPSA) is 72.8 Å². The van der Waals surface area contributed by atoms with E-state index in [4.69, 9.17) is 10.0 Å². The molecule has 12 heavy (non-hydrogen) atoms. The third-order valence-corrected chi connectivity index (χ3v) is 1.62. The van der Waals surface area contributed by atoms with Gasteiger partial charge in [-0.05, 0) is 14.0 Å². The molecule has 0 radical (unpaired) electrons. The molecule has 0 aliphatic carbocycles. The summed E-state index contributed by atoms with van der Waals surface area (Å²) in [5.41, 5.74) is 0. The molecule has 0 spiro atoms. The molecule has 0 aliphatic heterocycles. The number of rotatable bonds is 4. The zero-order chi connectivity index (χ0) is 9.72. The first-order valence-corrected chi connectivity index (χ1v) is 3.77. The lowest BCUT2D eigenvalue weighted by atomic mass is 9.91. The summed E-state index contributed by atoms with van der Waals surface area (Å²) in [4.78, 5) is 12.5. The van der Waals surface area contributed by atoms with Crippen LogP contribution < -0.4 is 5.32 Å². The third kappa shape index (κ3) is 3.70. The molecule has 70 valence electrons. The van der Waals surface area contributed by atoms with Crippen LogP contribution in [0.1, 0.15) is 6.92 Å². The number of nitrogens with zero attached hydrogens (tertiary/aromatic N) is 1. The largest absolute Gasteiger partial charge is 0.472 e. The van der Waals surface area contributed by atoms with E-state index in [9.17, 15) is 4.79 Å². The highest BCUT2D eigenvalue weighted by Gasteiger charge is 2.19. The average molecular weight is 174 g/mol. The minimum Gasteiger partial charge on any atom is -0.426 e. The van der Waals surface area contributed by atoms with E-state index < -0.39 is 7.12 Å². The number of hydrogen-bond donors (Lipinski definition) is 3. The lowest BCUT2D eigenvalue weighted by Gasteiger charge is -2.20. The van der Waals surface area contributed by atoms with Crippen molar-refractivity contribution in [2.45, 2.75) is 13.0 Å². The van der Waals surface area contributed by atoms with Gasteiger partial charge in [0.2, 0.25) is 5.91 Å². The van der Waals surface area contributed by atoms with E-state index >= 15 is 0 Å². The van der Waals surface area contributed by atoms with Crippen molar-refractivity contribution in [3.05, 3.63) is 0 Å². The van der Waals surface area contributed by atoms with Gasteiger partial charge in [-0.25, -0.2) is 0 Å². The molecular formula is C6H15BN2O3. The predicted molar refractivity (Wildman–Crippen MR) is 46.4 cm³/mol. The van der Waals surface area contributed by atoms with Gasteiger partial charge in [-0.2, -0.15) is 0 Å². The van der Waals surface area contributed by atoms with Crippen LogP contribution in [0.4, 0.5) is 0 Å². The second-order valence-electron chi connectivity index (χ2n) is 2.71. The maximum atomic E-state index is 11.3. The first-order chi connectivity index (χ1) is 5.49. The minimum absolute atomic E-state index is 0.0646. The van der Waals surface area contributed by atoms with Gasteiger partial charge in [0.15, 0.2) is 0 Å². The molecule has 1 amide bonds. The van der Waals surface area contributed by atoms with Crippen molar-refractivity contribution in [3.63, 3.8) is 0 Å². The van der Waals surface area contributed by atoms with Gasteiger partial charge in [0.1, 0.15) is 0 Å². The van der Waals surface area contributed by atoms with E-state index in [1.165, 1.54) is 11.9 Å². The summed E-state index contributed by atoms with van der Waals surface area (Å²) in [6.45, 7) is 1.71. The highest BCUT2D eigenvalue weighted by molar-refractivity contribution is 6.41. The van der Waals surface area contributed by atoms with E-state index in [0.29, 0.717) is 0 Å². The molecule has 6 heteroatoms. The summed E-state index contributed by atoms with van der Waals surface area (Å²) in [6.07, 6.45) is -0.0646. The first kappa shape index (κ1) is 11.4. The van der Waals surface area contributed by atoms with Gasteiger partial charge in [-0.3, -0.25) is 4.79 Å². The third-order valence-electron chi connectivity index (χ3n) is 1.62. The Morgan fingerprint density at radius 3 is 2.50 bits per heavy atom. The summed E-state index contributed by atoms with van der Waals surface area (Å²) in [6, 6.07) is -0.297. The molecule has 0 unspecified atom stereocenters. The van der Waals surface area contributed by atoms with Crippen molar-refractivity contribution in [1.82, 2.24) is 10.2 Å². The monoisotopic (exact) mass is 174 g/mol. The molecule has 0 saturated heterocycles. The number of hydrogen-bond acceptors (Lipinski definition) is 4. The van der Waals surface area contributed by atoms with E-state index in [0.717, 1.165) is 0 Å². The van der Waals surface area contributed by atoms with Gasteiger partial charge in [0.25, 0.3) is 0 Å². The van der Waals surface area contributed by atoms with Crippen molar-refractivity contribution in [2.24, 2.45) is 0 Å². The summed E-state index contributed by atoms with van der Waals surface area (Å²) < 4.78 is 0. The molecule has 0 aromatic heterocycles. The van der Waals surface area contributed by atoms with Crippen LogP contribution in [0.5, 0.6) is 0 Å². The van der Waals surface area contributed by atoms with Gasteiger partial charge in [-0.15, -0.1) is 0 Å². The molecule has 0 rings (SSSR count). The highest BCUT2D eigenvalue weighted by atomic mass is 16.4. The Bertz CT molecular complexity index is 154. The van der Waals surface area contributed by atoms with Crippen LogP contribution in [-0.2, 0) is 4.79 Å². The average Bonchev–Trinajstić information content (AvgIpc) is 2.00. The van der Waals surface area contributed by atoms with Gasteiger partial charge in [-0.1, -0.05) is 0 Å². The molecular weight excluding hydrogens is 159 g/mol. The van der Waals surface area contributed by atoms with Crippen molar-refractivity contribution < 1.29 is 14.8 Å². The fourth-order valence-electron chi connectivity index (χ4n) is 0.789. The van der Waals surface area contributed by atoms with Crippen LogP contribution in [-0.4, -0.2) is 54.6 Å². The Balaban J connectivity index is 3.92. The Hall–Kier alpha value is -0.585. The lowest BCUT2D eigenvalue weighted by molar-refractivity contribution is -0.131. The number of nitrogens with one attached hydrogen (secondary N) is 1. The summed E-state index contributed by atoms with van der Waals surface area (Å²) in [5.74, 6) is -0.161. The molecule has 0 saturated carbocycles. The fourth-order valence-corrected chi connectivity index (χ4v) is 0.789. The quantitative estimate of drug-likeness (QED) is 0.434. The Morgan fingerprint density at radius 2 is 2.17 bits per heavy atom. The maximum Gasteiger partial charge on any atom is 0.472 e. The molecule has 0 fully saturated rings. The van der Waals surface area contributed by atoms with Gasteiger partial charge in [0.05, 0.1) is 12.5 Å². The fraction of sp³-hybridized carbons (Fsp3) is 0.833. The standard InChI is InChI=1S/C6H15BN2O3/c1-5(8-2)6(10)9(3)4-7(11)12/h5,8,11-12H,4H2,1-3H3/t5-/m0/s1. The van der Waals surface area contributed by atoms with Crippen LogP contribution in [0.25, 0.3) is 0 Å². The number of likely N-dealkylation sites (N-methyl/N-ethyl adjacent to an activating group) is 2. The van der Waals surface area contributed by atoms with Crippen LogP contribution in [0.15, 0.2) is 0 Å². The molecule has 0 aromatic rings. The Kier molecular flexibility index (Phi) is 4.88. The van der Waals surface area contributed by atoms with Crippen LogP contribution in [0, 0.1) is 0 Å². The van der Waals surface area contributed by atoms with Gasteiger partial charge < -0.3 is 20.3 Å². The van der Waals surface area contributed by atoms with E-state index in [-0.39, 0.29) is 18.4 Å². The summed E-state index contributed by atoms with van der Waals surface area (Å²) in [5, 5.41) is 19.9. The number of amides is 1. The van der Waals surface area contributed by atoms with Crippen molar-refractivity contribution in [2.75, 3.05) is 20.5 Å². The lowest BCUT2D eigenvalue weighted by Crippen LogP contribution is -2.45. The number of carbonyl (C=O) groups is 1. The maximum absolute atomic E-state index is 11.3. The summed E-state index contributed by atoms with van der Waals surface area (Å²) in [7, 11) is 1.73. The molecule has 1 atom stereocenters. The second-order valence-corrected chi connectivity index (χ2v) is 2.71. The first-order valence-electron chi connectivity index (χ1n) is 3.77. The van der Waals surface area contributed by atoms with Crippen LogP contribution in [0.3, 0.4) is 0 Å². The van der Waals surface area contributed by atoms with Crippen LogP contribution >= 0.6 is 0 Å². The second kappa shape index (κ2) is 5.13. The Morgan fingerprint density at radius 1 is 1.67 bits per heavy atom. The van der Waals surface area contributed by atoms with Crippen molar-refractivity contribution in [1.29, 1.82) is 0 Å². The molecule has 0 heterocycles. The molecule has 3 N–H and O–H groups in total. The van der Waals surface area contributed by atoms with Crippen molar-refractivity contribution in [3.8, 4) is 0 Å². The molecule has 0 aromatic carbocycles. The predicted octanol–water partition coefficient (Wildman–Crippen LogP) is -1.94. The molecule has 0 bridgehead atoms. The van der Waals surface area contributed by atoms with Gasteiger partial charge >= 0.3 is 7.12 Å². The Labute approximate surface area is 72.5 Å².